The lowest BCUT2D eigenvalue weighted by Crippen LogP contribution is -2.31. The first-order valence-electron chi connectivity index (χ1n) is 3.71. The average molecular weight is 240 g/mol. The van der Waals surface area contributed by atoms with Crippen LogP contribution in [0.5, 0.6) is 0 Å². The minimum atomic E-state index is -0.518. The van der Waals surface area contributed by atoms with Crippen molar-refractivity contribution in [3.8, 4) is 0 Å². The molecule has 3 N–H and O–H groups in total. The van der Waals surface area contributed by atoms with E-state index < -0.39 is 5.91 Å². The van der Waals surface area contributed by atoms with Crippen molar-refractivity contribution < 1.29 is 4.79 Å². The van der Waals surface area contributed by atoms with Gasteiger partial charge in [-0.3, -0.25) is 4.79 Å². The second kappa shape index (κ2) is 5.14. The summed E-state index contributed by atoms with van der Waals surface area (Å²) in [6.07, 6.45) is 0. The molecule has 0 saturated heterocycles. The Morgan fingerprint density at radius 2 is 2.14 bits per heavy atom. The van der Waals surface area contributed by atoms with E-state index in [1.54, 1.807) is 4.57 Å². The molecule has 1 aliphatic rings. The highest BCUT2D eigenvalue weighted by atomic mass is 35.5. The Balaban J connectivity index is 0.000000845. The molecule has 0 saturated carbocycles. The lowest BCUT2D eigenvalue weighted by molar-refractivity contribution is 0.0985. The number of hydrogen-bond acceptors (Lipinski definition) is 4. The maximum absolute atomic E-state index is 10.8. The van der Waals surface area contributed by atoms with Gasteiger partial charge in [-0.15, -0.1) is 35.0 Å². The molecule has 0 spiro atoms. The molecule has 2 rings (SSSR count). The lowest BCUT2D eigenvalue weighted by atomic mass is 10.4. The molecule has 0 radical (unpaired) electrons. The standard InChI is InChI=1S/C6H9N5O.2ClH/c7-5(12)6-10-9-4-3-8-1-2-11(4)6;;/h8H,1-3H2,(H2,7,12);2*1H. The third-order valence-corrected chi connectivity index (χ3v) is 1.84. The number of halogens is 2. The predicted octanol–water partition coefficient (Wildman–Crippen LogP) is -0.676. The van der Waals surface area contributed by atoms with E-state index in [4.69, 9.17) is 5.73 Å². The molecule has 80 valence electrons. The number of nitrogens with zero attached hydrogens (tertiary/aromatic N) is 3. The zero-order chi connectivity index (χ0) is 8.55. The predicted molar refractivity (Wildman–Crippen MR) is 54.7 cm³/mol. The van der Waals surface area contributed by atoms with Crippen LogP contribution < -0.4 is 11.1 Å². The van der Waals surface area contributed by atoms with Crippen molar-refractivity contribution in [2.45, 2.75) is 13.1 Å². The van der Waals surface area contributed by atoms with E-state index in [1.807, 2.05) is 0 Å². The van der Waals surface area contributed by atoms with Crippen LogP contribution >= 0.6 is 24.8 Å². The number of fused-ring (bicyclic) bond motifs is 1. The molecule has 0 bridgehead atoms. The van der Waals surface area contributed by atoms with Crippen LogP contribution in [0, 0.1) is 0 Å². The van der Waals surface area contributed by atoms with Crippen LogP contribution in [0.4, 0.5) is 0 Å². The van der Waals surface area contributed by atoms with Gasteiger partial charge in [-0.2, -0.15) is 0 Å². The topological polar surface area (TPSA) is 85.8 Å². The highest BCUT2D eigenvalue weighted by Gasteiger charge is 2.17. The summed E-state index contributed by atoms with van der Waals surface area (Å²) < 4.78 is 1.75. The quantitative estimate of drug-likeness (QED) is 0.681. The van der Waals surface area contributed by atoms with Crippen molar-refractivity contribution in [2.24, 2.45) is 5.73 Å². The molecular formula is C6H11Cl2N5O. The van der Waals surface area contributed by atoms with Gasteiger partial charge >= 0.3 is 0 Å². The summed E-state index contributed by atoms with van der Waals surface area (Å²) in [5.74, 6) is 0.511. The second-order valence-electron chi connectivity index (χ2n) is 2.63. The van der Waals surface area contributed by atoms with Crippen LogP contribution in [0.15, 0.2) is 0 Å². The van der Waals surface area contributed by atoms with Gasteiger partial charge in [0.05, 0.1) is 6.54 Å². The molecule has 0 aromatic carbocycles. The lowest BCUT2D eigenvalue weighted by Gasteiger charge is -2.14. The number of rotatable bonds is 1. The summed E-state index contributed by atoms with van der Waals surface area (Å²) in [5, 5.41) is 10.6. The van der Waals surface area contributed by atoms with Crippen LogP contribution in [0.2, 0.25) is 0 Å². The number of carbonyl (C=O) groups excluding carboxylic acids is 1. The molecule has 1 aromatic heterocycles. The van der Waals surface area contributed by atoms with Gasteiger partial charge in [-0.1, -0.05) is 0 Å². The van der Waals surface area contributed by atoms with E-state index in [0.717, 1.165) is 12.4 Å². The maximum Gasteiger partial charge on any atom is 0.286 e. The molecule has 1 aliphatic heterocycles. The number of primary amides is 1. The number of nitrogens with one attached hydrogen (secondary N) is 1. The summed E-state index contributed by atoms with van der Waals surface area (Å²) in [6.45, 7) is 2.19. The van der Waals surface area contributed by atoms with Crippen molar-refractivity contribution in [1.82, 2.24) is 20.1 Å². The van der Waals surface area contributed by atoms with Crippen LogP contribution in [-0.4, -0.2) is 27.2 Å². The molecule has 2 heterocycles. The average Bonchev–Trinajstić information content (AvgIpc) is 2.47. The minimum Gasteiger partial charge on any atom is -0.363 e. The van der Waals surface area contributed by atoms with E-state index in [0.29, 0.717) is 13.1 Å². The number of nitrogens with two attached hydrogens (primary N) is 1. The van der Waals surface area contributed by atoms with Gasteiger partial charge in [-0.25, -0.2) is 0 Å². The van der Waals surface area contributed by atoms with E-state index in [-0.39, 0.29) is 30.6 Å². The fourth-order valence-electron chi connectivity index (χ4n) is 1.27. The maximum atomic E-state index is 10.8. The van der Waals surface area contributed by atoms with Gasteiger partial charge in [-0.05, 0) is 0 Å². The smallest absolute Gasteiger partial charge is 0.286 e. The van der Waals surface area contributed by atoms with Gasteiger partial charge in [0, 0.05) is 13.1 Å². The molecule has 0 unspecified atom stereocenters. The van der Waals surface area contributed by atoms with Crippen LogP contribution in [0.25, 0.3) is 0 Å². The Kier molecular flexibility index (Phi) is 4.82. The summed E-state index contributed by atoms with van der Waals surface area (Å²) >= 11 is 0. The zero-order valence-electron chi connectivity index (χ0n) is 7.27. The van der Waals surface area contributed by atoms with E-state index >= 15 is 0 Å². The molecule has 0 aliphatic carbocycles. The van der Waals surface area contributed by atoms with Crippen molar-refractivity contribution in [1.29, 1.82) is 0 Å². The number of carbonyl (C=O) groups is 1. The second-order valence-corrected chi connectivity index (χ2v) is 2.63. The van der Waals surface area contributed by atoms with Crippen LogP contribution in [0.3, 0.4) is 0 Å². The van der Waals surface area contributed by atoms with E-state index in [2.05, 4.69) is 15.5 Å². The van der Waals surface area contributed by atoms with Crippen molar-refractivity contribution >= 4 is 30.7 Å². The number of hydrogen-bond donors (Lipinski definition) is 2. The zero-order valence-corrected chi connectivity index (χ0v) is 8.90. The van der Waals surface area contributed by atoms with E-state index in [1.165, 1.54) is 0 Å². The molecule has 6 nitrogen and oxygen atoms in total. The summed E-state index contributed by atoms with van der Waals surface area (Å²) in [7, 11) is 0. The van der Waals surface area contributed by atoms with Crippen molar-refractivity contribution in [3.63, 3.8) is 0 Å². The summed E-state index contributed by atoms with van der Waals surface area (Å²) in [6, 6.07) is 0. The van der Waals surface area contributed by atoms with Crippen LogP contribution in [-0.2, 0) is 13.1 Å². The highest BCUT2D eigenvalue weighted by molar-refractivity contribution is 5.89. The molecule has 0 fully saturated rings. The van der Waals surface area contributed by atoms with Gasteiger partial charge in [0.1, 0.15) is 5.82 Å². The van der Waals surface area contributed by atoms with Gasteiger partial charge in [0.15, 0.2) is 0 Å². The van der Waals surface area contributed by atoms with Crippen molar-refractivity contribution in [3.05, 3.63) is 11.6 Å². The van der Waals surface area contributed by atoms with E-state index in [9.17, 15) is 4.79 Å². The van der Waals surface area contributed by atoms with Gasteiger partial charge in [0.2, 0.25) is 5.82 Å². The molecule has 14 heavy (non-hydrogen) atoms. The SMILES string of the molecule is Cl.Cl.NC(=O)c1nnc2n1CCNC2. The number of aromatic nitrogens is 3. The Labute approximate surface area is 93.1 Å². The Morgan fingerprint density at radius 3 is 2.79 bits per heavy atom. The molecular weight excluding hydrogens is 229 g/mol. The fourth-order valence-corrected chi connectivity index (χ4v) is 1.27. The summed E-state index contributed by atoms with van der Waals surface area (Å²) in [4.78, 5) is 10.8. The number of amides is 1. The molecule has 0 atom stereocenters. The normalized spacial score (nSPS) is 13.4. The molecule has 8 heteroatoms. The highest BCUT2D eigenvalue weighted by Crippen LogP contribution is 2.04. The monoisotopic (exact) mass is 239 g/mol. The third kappa shape index (κ3) is 2.14. The minimum absolute atomic E-state index is 0. The molecule has 1 aromatic rings. The third-order valence-electron chi connectivity index (χ3n) is 1.84. The molecule has 1 amide bonds. The fraction of sp³-hybridized carbons (Fsp3) is 0.500. The largest absolute Gasteiger partial charge is 0.363 e. The Morgan fingerprint density at radius 1 is 1.43 bits per heavy atom. The summed E-state index contributed by atoms with van der Waals surface area (Å²) in [5.41, 5.74) is 5.10. The van der Waals surface area contributed by atoms with Crippen molar-refractivity contribution in [2.75, 3.05) is 6.54 Å². The first kappa shape index (κ1) is 13.2. The van der Waals surface area contributed by atoms with Gasteiger partial charge < -0.3 is 15.6 Å². The van der Waals surface area contributed by atoms with Gasteiger partial charge in [0.25, 0.3) is 5.91 Å². The first-order valence-corrected chi connectivity index (χ1v) is 3.71. The van der Waals surface area contributed by atoms with Crippen LogP contribution in [0.1, 0.15) is 16.4 Å². The first-order chi connectivity index (χ1) is 5.79. The Hall–Kier alpha value is -0.850. The Bertz CT molecular complexity index is 326.